The fourth-order valence-corrected chi connectivity index (χ4v) is 14.9. The van der Waals surface area contributed by atoms with Crippen molar-refractivity contribution in [3.63, 3.8) is 0 Å². The molecule has 104 heavy (non-hydrogen) atoms. The molecule has 20 rings (SSSR count). The molecular weight excluding hydrogens is 1270 g/mol. The van der Waals surface area contributed by atoms with Gasteiger partial charge in [-0.1, -0.05) is 218 Å². The Morgan fingerprint density at radius 1 is 0.163 bits per heavy atom. The molecule has 8 nitrogen and oxygen atoms in total. The van der Waals surface area contributed by atoms with Crippen molar-refractivity contribution < 1.29 is 0 Å². The van der Waals surface area contributed by atoms with Crippen LogP contribution in [0.5, 0.6) is 0 Å². The molecular formula is C96H60N8. The predicted molar refractivity (Wildman–Crippen MR) is 430 cm³/mol. The molecule has 8 heteroatoms. The van der Waals surface area contributed by atoms with E-state index in [-0.39, 0.29) is 0 Å². The number of hydrogen-bond donors (Lipinski definition) is 0. The van der Waals surface area contributed by atoms with Crippen molar-refractivity contribution in [2.24, 2.45) is 0 Å². The number of pyridine rings is 8. The largest absolute Gasteiger partial charge is 0.256 e. The first-order valence-corrected chi connectivity index (χ1v) is 34.9. The summed E-state index contributed by atoms with van der Waals surface area (Å²) >= 11 is 0. The lowest BCUT2D eigenvalue weighted by Crippen LogP contribution is -1.94. The average Bonchev–Trinajstić information content (AvgIpc) is 0.744. The van der Waals surface area contributed by atoms with Gasteiger partial charge in [0.1, 0.15) is 0 Å². The maximum absolute atomic E-state index is 5.40. The molecule has 0 aliphatic heterocycles. The Balaban J connectivity index is 0.000000143. The fourth-order valence-electron chi connectivity index (χ4n) is 14.9. The van der Waals surface area contributed by atoms with Crippen LogP contribution in [0.25, 0.3) is 199 Å². The van der Waals surface area contributed by atoms with Gasteiger partial charge in [0.2, 0.25) is 0 Å². The monoisotopic (exact) mass is 1320 g/mol. The van der Waals surface area contributed by atoms with Crippen molar-refractivity contribution in [3.05, 3.63) is 365 Å². The van der Waals surface area contributed by atoms with E-state index in [1.54, 1.807) is 0 Å². The van der Waals surface area contributed by atoms with E-state index < -0.39 is 0 Å². The summed E-state index contributed by atoms with van der Waals surface area (Å²) in [6, 6.07) is 119. The summed E-state index contributed by atoms with van der Waals surface area (Å²) in [7, 11) is 0. The van der Waals surface area contributed by atoms with Gasteiger partial charge >= 0.3 is 0 Å². The molecule has 0 fully saturated rings. The van der Waals surface area contributed by atoms with Crippen molar-refractivity contribution >= 4 is 87.0 Å². The van der Waals surface area contributed by atoms with Gasteiger partial charge in [-0.15, -0.1) is 0 Å². The minimum atomic E-state index is 0.897. The van der Waals surface area contributed by atoms with Gasteiger partial charge in [-0.2, -0.15) is 0 Å². The summed E-state index contributed by atoms with van der Waals surface area (Å²) in [6.07, 6.45) is 7.35. The topological polar surface area (TPSA) is 103 Å². The van der Waals surface area contributed by atoms with Crippen LogP contribution in [0.4, 0.5) is 0 Å². The molecule has 0 N–H and O–H groups in total. The van der Waals surface area contributed by atoms with Gasteiger partial charge in [0, 0.05) is 102 Å². The van der Waals surface area contributed by atoms with Gasteiger partial charge in [-0.25, -0.2) is 19.9 Å². The first-order valence-electron chi connectivity index (χ1n) is 34.9. The molecule has 12 aromatic carbocycles. The van der Waals surface area contributed by atoms with Gasteiger partial charge < -0.3 is 0 Å². The van der Waals surface area contributed by atoms with Crippen molar-refractivity contribution in [3.8, 4) is 112 Å². The molecule has 8 aromatic heterocycles. The highest BCUT2D eigenvalue weighted by Crippen LogP contribution is 2.44. The SMILES string of the molecule is c1ccc(-c2c3ccccc3nc3c2ccc2ccc(-c4ccc(-c5cc(-c6ccccn6)cc(-c6ccccn6)c5)c5ccccc45)nc23)cc1.c1ccc(-c2c3ccccc3nc3c2ccc2ccc(-c4ccc5cc(-c6cc(-c7ccccn7)cc(-c7ccccn7)c6)ccc5c4)nc23)cc1. The van der Waals surface area contributed by atoms with E-state index in [0.717, 1.165) is 177 Å². The number of nitrogens with zero attached hydrogens (tertiary/aromatic N) is 8. The second-order valence-corrected chi connectivity index (χ2v) is 26.1. The highest BCUT2D eigenvalue weighted by atomic mass is 14.8. The zero-order valence-electron chi connectivity index (χ0n) is 56.2. The molecule has 0 bridgehead atoms. The van der Waals surface area contributed by atoms with Crippen LogP contribution < -0.4 is 0 Å². The van der Waals surface area contributed by atoms with Crippen LogP contribution in [0.15, 0.2) is 365 Å². The van der Waals surface area contributed by atoms with E-state index >= 15 is 0 Å². The van der Waals surface area contributed by atoms with E-state index in [4.69, 9.17) is 19.9 Å². The summed E-state index contributed by atoms with van der Waals surface area (Å²) in [4.78, 5) is 39.8. The van der Waals surface area contributed by atoms with Crippen molar-refractivity contribution in [1.82, 2.24) is 39.9 Å². The first-order chi connectivity index (χ1) is 51.5. The van der Waals surface area contributed by atoms with Crippen LogP contribution in [0.1, 0.15) is 0 Å². The number of hydrogen-bond acceptors (Lipinski definition) is 8. The highest BCUT2D eigenvalue weighted by molar-refractivity contribution is 6.18. The first kappa shape index (κ1) is 61.0. The van der Waals surface area contributed by atoms with Crippen molar-refractivity contribution in [2.45, 2.75) is 0 Å². The van der Waals surface area contributed by atoms with E-state index in [1.165, 1.54) is 22.3 Å². The smallest absolute Gasteiger partial charge is 0.0978 e. The second-order valence-electron chi connectivity index (χ2n) is 26.1. The van der Waals surface area contributed by atoms with Crippen LogP contribution >= 0.6 is 0 Å². The molecule has 0 atom stereocenters. The lowest BCUT2D eigenvalue weighted by Gasteiger charge is -2.15. The van der Waals surface area contributed by atoms with Crippen molar-refractivity contribution in [2.75, 3.05) is 0 Å². The quantitative estimate of drug-likeness (QED) is 0.0985. The second kappa shape index (κ2) is 26.2. The van der Waals surface area contributed by atoms with Gasteiger partial charge in [-0.05, 0) is 176 Å². The van der Waals surface area contributed by atoms with Gasteiger partial charge in [0.15, 0.2) is 0 Å². The maximum atomic E-state index is 5.40. The van der Waals surface area contributed by atoms with E-state index in [1.807, 2.05) is 85.5 Å². The highest BCUT2D eigenvalue weighted by Gasteiger charge is 2.20. The van der Waals surface area contributed by atoms with E-state index in [0.29, 0.717) is 0 Å². The van der Waals surface area contributed by atoms with Gasteiger partial charge in [0.25, 0.3) is 0 Å². The Hall–Kier alpha value is -14.1. The molecule has 0 radical (unpaired) electrons. The molecule has 20 aromatic rings. The Kier molecular flexibility index (Phi) is 15.4. The van der Waals surface area contributed by atoms with Crippen LogP contribution in [-0.2, 0) is 0 Å². The summed E-state index contributed by atoms with van der Waals surface area (Å²) in [6.45, 7) is 0. The Bertz CT molecular complexity index is 6580. The summed E-state index contributed by atoms with van der Waals surface area (Å²) < 4.78 is 0. The molecule has 0 saturated heterocycles. The Labute approximate surface area is 599 Å². The van der Waals surface area contributed by atoms with Crippen LogP contribution in [-0.4, -0.2) is 39.9 Å². The Morgan fingerprint density at radius 3 is 1.01 bits per heavy atom. The molecule has 0 spiro atoms. The summed E-state index contributed by atoms with van der Waals surface area (Å²) in [5.74, 6) is 0. The third-order valence-electron chi connectivity index (χ3n) is 19.8. The third-order valence-corrected chi connectivity index (χ3v) is 19.8. The summed E-state index contributed by atoms with van der Waals surface area (Å²) in [5, 5.41) is 11.2. The Morgan fingerprint density at radius 2 is 0.529 bits per heavy atom. The van der Waals surface area contributed by atoms with Gasteiger partial charge in [0.05, 0.1) is 67.3 Å². The molecule has 0 unspecified atom stereocenters. The number of para-hydroxylation sites is 2. The zero-order valence-corrected chi connectivity index (χ0v) is 56.2. The average molecular weight is 1330 g/mol. The minimum absolute atomic E-state index is 0.897. The van der Waals surface area contributed by atoms with Crippen LogP contribution in [0.3, 0.4) is 0 Å². The number of benzene rings is 12. The minimum Gasteiger partial charge on any atom is -0.256 e. The maximum Gasteiger partial charge on any atom is 0.0978 e. The molecule has 484 valence electrons. The van der Waals surface area contributed by atoms with Crippen LogP contribution in [0.2, 0.25) is 0 Å². The number of aromatic nitrogens is 8. The van der Waals surface area contributed by atoms with E-state index in [9.17, 15) is 0 Å². The number of rotatable bonds is 10. The normalized spacial score (nSPS) is 11.5. The lowest BCUT2D eigenvalue weighted by molar-refractivity contribution is 1.31. The lowest BCUT2D eigenvalue weighted by atomic mass is 9.91. The predicted octanol–water partition coefficient (Wildman–Crippen LogP) is 24.4. The molecule has 0 aliphatic rings. The standard InChI is InChI=1S/2C48H30N4/c1-2-10-31(11-3-1)46-40-12-4-5-15-45(40)52-48-41(46)22-20-32-21-23-44(51-47(32)48)36-19-18-33-26-35(17-16-34(33)27-36)37-28-38(42-13-6-8-24-49-42)30-39(29-37)43-14-7-9-25-50-43;1-2-12-31(13-3-1)46-40-16-6-7-19-44(40)52-48-41(46)22-20-32-21-25-45(51-47(32)48)39-24-23-36(37-14-4-5-15-38(37)39)33-28-34(42-17-8-10-26-49-42)30-35(29-33)43-18-9-11-27-50-43/h2*1-30H. The molecule has 8 heterocycles. The number of fused-ring (bicyclic) bond motifs is 10. The molecule has 0 amide bonds. The third kappa shape index (κ3) is 11.3. The van der Waals surface area contributed by atoms with Crippen LogP contribution in [0, 0.1) is 0 Å². The van der Waals surface area contributed by atoms with Gasteiger partial charge in [-0.3, -0.25) is 19.9 Å². The zero-order chi connectivity index (χ0) is 68.9. The molecule has 0 saturated carbocycles. The summed E-state index contributed by atoms with van der Waals surface area (Å²) in [5.41, 5.74) is 26.7. The van der Waals surface area contributed by atoms with E-state index in [2.05, 4.69) is 299 Å². The molecule has 0 aliphatic carbocycles. The van der Waals surface area contributed by atoms with Crippen molar-refractivity contribution in [1.29, 1.82) is 0 Å². The fraction of sp³-hybridized carbons (Fsp3) is 0.